The van der Waals surface area contributed by atoms with Gasteiger partial charge in [0.1, 0.15) is 5.78 Å². The van der Waals surface area contributed by atoms with Crippen molar-refractivity contribution in [1.29, 1.82) is 0 Å². The predicted octanol–water partition coefficient (Wildman–Crippen LogP) is 2.95. The first-order valence-corrected chi connectivity index (χ1v) is 5.39. The fourth-order valence-electron chi connectivity index (χ4n) is 0.311. The Morgan fingerprint density at radius 1 is 1.40 bits per heavy atom. The lowest BCUT2D eigenvalue weighted by Gasteiger charge is -2.13. The summed E-state index contributed by atoms with van der Waals surface area (Å²) in [4.78, 5) is 9.81. The summed E-state index contributed by atoms with van der Waals surface area (Å²) in [6.45, 7) is 10.8. The summed E-state index contributed by atoms with van der Waals surface area (Å²) in [7, 11) is 0. The average molecular weight is 216 g/mol. The summed E-state index contributed by atoms with van der Waals surface area (Å²) < 4.78 is 0. The van der Waals surface area contributed by atoms with Crippen molar-refractivity contribution in [2.75, 3.05) is 0 Å². The summed E-state index contributed by atoms with van der Waals surface area (Å²) >= 11 is 0. The van der Waals surface area contributed by atoms with Gasteiger partial charge in [0.15, 0.2) is 5.72 Å². The Hall–Kier alpha value is -0.770. The molecule has 90 valence electrons. The van der Waals surface area contributed by atoms with Gasteiger partial charge < -0.3 is 9.90 Å². The molecule has 4 heteroatoms. The summed E-state index contributed by atoms with van der Waals surface area (Å²) in [5.41, 5.74) is -0.968. The van der Waals surface area contributed by atoms with Gasteiger partial charge in [-0.1, -0.05) is 13.8 Å². The molecule has 0 aliphatic rings. The topological polar surface area (TPSA) is 62.0 Å². The predicted molar refractivity (Wildman–Crippen MR) is 61.9 cm³/mol. The first kappa shape index (κ1) is 16.7. The first-order valence-electron chi connectivity index (χ1n) is 5.39. The van der Waals surface area contributed by atoms with Crippen molar-refractivity contribution in [2.24, 2.45) is 10.2 Å². The van der Waals surface area contributed by atoms with Crippen LogP contribution in [0.1, 0.15) is 54.4 Å². The normalized spacial score (nSPS) is 14.7. The first-order chi connectivity index (χ1) is 6.75. The molecule has 0 heterocycles. The molecule has 0 aliphatic heterocycles. The van der Waals surface area contributed by atoms with E-state index >= 15 is 0 Å². The third kappa shape index (κ3) is 15.9. The van der Waals surface area contributed by atoms with Crippen molar-refractivity contribution in [3.8, 4) is 0 Å². The minimum atomic E-state index is -0.968. The van der Waals surface area contributed by atoms with Gasteiger partial charge in [-0.25, -0.2) is 0 Å². The largest absolute Gasteiger partial charge is 0.368 e. The second-order valence-corrected chi connectivity index (χ2v) is 3.94. The lowest BCUT2D eigenvalue weighted by molar-refractivity contribution is -0.116. The molecule has 4 nitrogen and oxygen atoms in total. The van der Waals surface area contributed by atoms with Gasteiger partial charge in [-0.15, -0.1) is 0 Å². The van der Waals surface area contributed by atoms with Gasteiger partial charge in [0.05, 0.1) is 6.04 Å². The van der Waals surface area contributed by atoms with Gasteiger partial charge in [-0.3, -0.25) is 0 Å². The Morgan fingerprint density at radius 3 is 2.00 bits per heavy atom. The Kier molecular flexibility index (Phi) is 9.47. The van der Waals surface area contributed by atoms with E-state index in [1.54, 1.807) is 13.8 Å². The van der Waals surface area contributed by atoms with Gasteiger partial charge in [0.2, 0.25) is 0 Å². The third-order valence-electron chi connectivity index (χ3n) is 1.67. The molecule has 0 saturated carbocycles. The molecule has 0 aliphatic carbocycles. The molecule has 0 fully saturated rings. The van der Waals surface area contributed by atoms with Crippen LogP contribution in [0, 0.1) is 0 Å². The number of aliphatic hydroxyl groups is 1. The number of azo groups is 1. The van der Waals surface area contributed by atoms with E-state index in [0.29, 0.717) is 12.8 Å². The zero-order valence-electron chi connectivity index (χ0n) is 10.7. The summed E-state index contributed by atoms with van der Waals surface area (Å²) in [5.74, 6) is 0.255. The van der Waals surface area contributed by atoms with Crippen molar-refractivity contribution in [3.63, 3.8) is 0 Å². The fraction of sp³-hybridized carbons (Fsp3) is 0.909. The molecular formula is C11H24N2O2. The van der Waals surface area contributed by atoms with Gasteiger partial charge in [-0.2, -0.15) is 10.2 Å². The molecule has 0 aromatic rings. The Bertz CT molecular complexity index is 199. The standard InChI is InChI=1S/C7H16N2O.C4H8O/c1-5-7(4,10)9-8-6(2)3;1-3-4(2)5/h6,10H,5H2,1-4H3;3H2,1-2H3. The van der Waals surface area contributed by atoms with Gasteiger partial charge in [0, 0.05) is 6.42 Å². The van der Waals surface area contributed by atoms with Crippen molar-refractivity contribution >= 4 is 5.78 Å². The molecule has 1 unspecified atom stereocenters. The zero-order chi connectivity index (χ0) is 12.5. The molecule has 0 aromatic carbocycles. The van der Waals surface area contributed by atoms with Crippen LogP contribution in [0.5, 0.6) is 0 Å². The van der Waals surface area contributed by atoms with Crippen LogP contribution in [0.4, 0.5) is 0 Å². The maximum absolute atomic E-state index is 9.81. The van der Waals surface area contributed by atoms with E-state index in [1.165, 1.54) is 0 Å². The quantitative estimate of drug-likeness (QED) is 0.734. The molecule has 1 N–H and O–H groups in total. The third-order valence-corrected chi connectivity index (χ3v) is 1.67. The summed E-state index contributed by atoms with van der Waals surface area (Å²) in [6.07, 6.45) is 1.27. The van der Waals surface area contributed by atoms with Crippen LogP contribution < -0.4 is 0 Å². The highest BCUT2D eigenvalue weighted by Crippen LogP contribution is 2.10. The highest BCUT2D eigenvalue weighted by Gasteiger charge is 2.14. The fourth-order valence-corrected chi connectivity index (χ4v) is 0.311. The number of ketones is 1. The van der Waals surface area contributed by atoms with Crippen LogP contribution >= 0.6 is 0 Å². The monoisotopic (exact) mass is 216 g/mol. The lowest BCUT2D eigenvalue weighted by Crippen LogP contribution is -2.18. The Balaban J connectivity index is 0. The summed E-state index contributed by atoms with van der Waals surface area (Å²) in [6, 6.07) is 0.165. The van der Waals surface area contributed by atoms with Crippen LogP contribution in [-0.2, 0) is 4.79 Å². The molecule has 0 radical (unpaired) electrons. The minimum absolute atomic E-state index is 0.165. The maximum Gasteiger partial charge on any atom is 0.172 e. The molecule has 15 heavy (non-hydrogen) atoms. The van der Waals surface area contributed by atoms with Crippen molar-refractivity contribution in [3.05, 3.63) is 0 Å². The van der Waals surface area contributed by atoms with Crippen molar-refractivity contribution < 1.29 is 9.90 Å². The zero-order valence-corrected chi connectivity index (χ0v) is 10.7. The molecular weight excluding hydrogens is 192 g/mol. The van der Waals surface area contributed by atoms with Gasteiger partial charge in [-0.05, 0) is 34.1 Å². The number of nitrogens with zero attached hydrogens (tertiary/aromatic N) is 2. The van der Waals surface area contributed by atoms with Gasteiger partial charge >= 0.3 is 0 Å². The van der Waals surface area contributed by atoms with E-state index in [-0.39, 0.29) is 11.8 Å². The number of carbonyl (C=O) groups is 1. The highest BCUT2D eigenvalue weighted by molar-refractivity contribution is 5.74. The van der Waals surface area contributed by atoms with E-state index in [9.17, 15) is 9.90 Å². The second kappa shape index (κ2) is 8.53. The number of carbonyl (C=O) groups excluding carboxylic acids is 1. The molecule has 0 rings (SSSR count). The van der Waals surface area contributed by atoms with Gasteiger partial charge in [0.25, 0.3) is 0 Å². The van der Waals surface area contributed by atoms with Crippen molar-refractivity contribution in [2.45, 2.75) is 66.2 Å². The summed E-state index contributed by atoms with van der Waals surface area (Å²) in [5, 5.41) is 16.9. The van der Waals surface area contributed by atoms with E-state index in [2.05, 4.69) is 10.2 Å². The molecule has 0 bridgehead atoms. The number of hydrogen-bond donors (Lipinski definition) is 1. The number of Topliss-reactive ketones (excluding diaryl/α,β-unsaturated/α-hetero) is 1. The molecule has 0 saturated heterocycles. The van der Waals surface area contributed by atoms with E-state index in [0.717, 1.165) is 0 Å². The smallest absolute Gasteiger partial charge is 0.172 e. The van der Waals surface area contributed by atoms with E-state index < -0.39 is 5.72 Å². The van der Waals surface area contributed by atoms with Crippen LogP contribution in [-0.4, -0.2) is 22.7 Å². The van der Waals surface area contributed by atoms with Crippen LogP contribution in [0.25, 0.3) is 0 Å². The Labute approximate surface area is 92.8 Å². The second-order valence-electron chi connectivity index (χ2n) is 3.94. The van der Waals surface area contributed by atoms with E-state index in [4.69, 9.17) is 0 Å². The number of hydrogen-bond acceptors (Lipinski definition) is 4. The average Bonchev–Trinajstić information content (AvgIpc) is 2.16. The van der Waals surface area contributed by atoms with Crippen LogP contribution in [0.2, 0.25) is 0 Å². The maximum atomic E-state index is 9.81. The molecule has 0 aromatic heterocycles. The van der Waals surface area contributed by atoms with Crippen molar-refractivity contribution in [1.82, 2.24) is 0 Å². The molecule has 0 spiro atoms. The number of rotatable bonds is 4. The molecule has 0 amide bonds. The van der Waals surface area contributed by atoms with E-state index in [1.807, 2.05) is 27.7 Å². The van der Waals surface area contributed by atoms with Crippen LogP contribution in [0.15, 0.2) is 10.2 Å². The lowest BCUT2D eigenvalue weighted by atomic mass is 10.2. The molecule has 1 atom stereocenters. The minimum Gasteiger partial charge on any atom is -0.368 e. The van der Waals surface area contributed by atoms with Crippen LogP contribution in [0.3, 0.4) is 0 Å². The Morgan fingerprint density at radius 2 is 1.80 bits per heavy atom. The SMILES string of the molecule is CCC(C)(O)N=NC(C)C.CCC(C)=O. The highest BCUT2D eigenvalue weighted by atomic mass is 16.3.